The van der Waals surface area contributed by atoms with E-state index in [1.54, 1.807) is 12.1 Å². The molecule has 0 heterocycles. The average molecular weight is 296 g/mol. The third-order valence-electron chi connectivity index (χ3n) is 3.33. The van der Waals surface area contributed by atoms with Crippen LogP contribution in [0.5, 0.6) is 0 Å². The van der Waals surface area contributed by atoms with Gasteiger partial charge >= 0.3 is 0 Å². The highest BCUT2D eigenvalue weighted by molar-refractivity contribution is 7.90. The van der Waals surface area contributed by atoms with Crippen LogP contribution in [0.2, 0.25) is 0 Å². The number of aryl methyl sites for hydroxylation is 1. The van der Waals surface area contributed by atoms with Crippen molar-refractivity contribution in [2.45, 2.75) is 24.7 Å². The maximum atomic E-state index is 11.8. The van der Waals surface area contributed by atoms with E-state index in [-0.39, 0.29) is 17.3 Å². The lowest BCUT2D eigenvalue weighted by atomic mass is 10.2. The number of anilines is 1. The van der Waals surface area contributed by atoms with Crippen molar-refractivity contribution in [3.63, 3.8) is 0 Å². The monoisotopic (exact) mass is 296 g/mol. The van der Waals surface area contributed by atoms with Gasteiger partial charge in [-0.2, -0.15) is 0 Å². The Bertz CT molecular complexity index is 607. The van der Waals surface area contributed by atoms with E-state index >= 15 is 0 Å². The second-order valence-electron chi connectivity index (χ2n) is 5.37. The molecule has 5 nitrogen and oxygen atoms in total. The van der Waals surface area contributed by atoms with Crippen LogP contribution in [0.3, 0.4) is 0 Å². The lowest BCUT2D eigenvalue weighted by molar-refractivity contribution is -0.115. The Kier molecular flexibility index (Phi) is 4.45. The summed E-state index contributed by atoms with van der Waals surface area (Å²) in [5.74, 6) is 0.567. The first kappa shape index (κ1) is 15.0. The molecule has 1 aromatic carbocycles. The zero-order valence-electron chi connectivity index (χ0n) is 11.8. The van der Waals surface area contributed by atoms with Crippen LogP contribution in [-0.4, -0.2) is 33.7 Å². The molecule has 110 valence electrons. The molecule has 6 heteroatoms. The van der Waals surface area contributed by atoms with Crippen LogP contribution in [0.25, 0.3) is 0 Å². The van der Waals surface area contributed by atoms with Gasteiger partial charge in [-0.1, -0.05) is 6.07 Å². The Labute approximate surface area is 119 Å². The molecule has 20 heavy (non-hydrogen) atoms. The molecule has 2 N–H and O–H groups in total. The molecular formula is C14H20N2O3S. The zero-order valence-corrected chi connectivity index (χ0v) is 12.6. The fourth-order valence-corrected chi connectivity index (χ4v) is 2.52. The van der Waals surface area contributed by atoms with Crippen molar-refractivity contribution in [3.05, 3.63) is 23.8 Å². The summed E-state index contributed by atoms with van der Waals surface area (Å²) < 4.78 is 23.0. The van der Waals surface area contributed by atoms with Gasteiger partial charge in [0, 0.05) is 11.9 Å². The summed E-state index contributed by atoms with van der Waals surface area (Å²) in [6.45, 7) is 2.95. The average Bonchev–Trinajstić information content (AvgIpc) is 3.14. The number of rotatable bonds is 6. The largest absolute Gasteiger partial charge is 0.325 e. The maximum Gasteiger partial charge on any atom is 0.238 e. The van der Waals surface area contributed by atoms with Gasteiger partial charge in [0.25, 0.3) is 0 Å². The number of hydrogen-bond donors (Lipinski definition) is 2. The van der Waals surface area contributed by atoms with Crippen LogP contribution in [0.1, 0.15) is 18.4 Å². The molecule has 1 aromatic rings. The molecule has 0 spiro atoms. The predicted octanol–water partition coefficient (Wildman–Crippen LogP) is 1.34. The number of hydrogen-bond acceptors (Lipinski definition) is 4. The highest BCUT2D eigenvalue weighted by Gasteiger charge is 2.20. The van der Waals surface area contributed by atoms with Crippen molar-refractivity contribution in [2.75, 3.05) is 24.7 Å². The van der Waals surface area contributed by atoms with Crippen molar-refractivity contribution in [1.29, 1.82) is 0 Å². The first-order chi connectivity index (χ1) is 9.36. The second kappa shape index (κ2) is 5.93. The van der Waals surface area contributed by atoms with Crippen molar-refractivity contribution in [2.24, 2.45) is 5.92 Å². The Morgan fingerprint density at radius 2 is 2.05 bits per heavy atom. The SMILES string of the molecule is Cc1ccc(S(C)(=O)=O)cc1NC(=O)CNCC1CC1. The number of carbonyl (C=O) groups excluding carboxylic acids is 1. The summed E-state index contributed by atoms with van der Waals surface area (Å²) in [5.41, 5.74) is 1.39. The highest BCUT2D eigenvalue weighted by atomic mass is 32.2. The summed E-state index contributed by atoms with van der Waals surface area (Å²) >= 11 is 0. The van der Waals surface area contributed by atoms with Gasteiger partial charge in [0.05, 0.1) is 11.4 Å². The van der Waals surface area contributed by atoms with Gasteiger partial charge in [0.1, 0.15) is 0 Å². The molecule has 0 unspecified atom stereocenters. The molecule has 1 aliphatic rings. The Hall–Kier alpha value is -1.40. The summed E-state index contributed by atoms with van der Waals surface area (Å²) in [6.07, 6.45) is 3.63. The Morgan fingerprint density at radius 1 is 1.35 bits per heavy atom. The minimum atomic E-state index is -3.26. The van der Waals surface area contributed by atoms with Crippen molar-refractivity contribution in [3.8, 4) is 0 Å². The van der Waals surface area contributed by atoms with E-state index in [1.807, 2.05) is 6.92 Å². The van der Waals surface area contributed by atoms with Gasteiger partial charge in [0.15, 0.2) is 9.84 Å². The zero-order chi connectivity index (χ0) is 14.8. The van der Waals surface area contributed by atoms with Crippen LogP contribution in [0.15, 0.2) is 23.1 Å². The van der Waals surface area contributed by atoms with Crippen LogP contribution >= 0.6 is 0 Å². The van der Waals surface area contributed by atoms with E-state index in [0.29, 0.717) is 5.69 Å². The maximum absolute atomic E-state index is 11.8. The van der Waals surface area contributed by atoms with Gasteiger partial charge in [-0.05, 0) is 49.9 Å². The number of benzene rings is 1. The molecule has 0 aromatic heterocycles. The molecule has 1 amide bonds. The third kappa shape index (κ3) is 4.31. The number of carbonyl (C=O) groups is 1. The van der Waals surface area contributed by atoms with Gasteiger partial charge in [0.2, 0.25) is 5.91 Å². The van der Waals surface area contributed by atoms with Gasteiger partial charge in [-0.25, -0.2) is 8.42 Å². The van der Waals surface area contributed by atoms with E-state index < -0.39 is 9.84 Å². The molecule has 0 bridgehead atoms. The Balaban J connectivity index is 1.98. The van der Waals surface area contributed by atoms with Crippen molar-refractivity contribution < 1.29 is 13.2 Å². The molecule has 0 atom stereocenters. The number of sulfone groups is 1. The molecule has 1 fully saturated rings. The van der Waals surface area contributed by atoms with Crippen molar-refractivity contribution in [1.82, 2.24) is 5.32 Å². The minimum Gasteiger partial charge on any atom is -0.325 e. The molecule has 1 aliphatic carbocycles. The summed E-state index contributed by atoms with van der Waals surface area (Å²) in [5, 5.41) is 5.85. The number of nitrogens with one attached hydrogen (secondary N) is 2. The first-order valence-electron chi connectivity index (χ1n) is 6.67. The molecule has 0 radical (unpaired) electrons. The van der Waals surface area contributed by atoms with E-state index in [9.17, 15) is 13.2 Å². The lowest BCUT2D eigenvalue weighted by Gasteiger charge is -2.10. The van der Waals surface area contributed by atoms with Crippen molar-refractivity contribution >= 4 is 21.4 Å². The molecule has 2 rings (SSSR count). The predicted molar refractivity (Wildman–Crippen MR) is 78.5 cm³/mol. The fraction of sp³-hybridized carbons (Fsp3) is 0.500. The van der Waals surface area contributed by atoms with Gasteiger partial charge in [-0.15, -0.1) is 0 Å². The first-order valence-corrected chi connectivity index (χ1v) is 8.56. The van der Waals surface area contributed by atoms with E-state index in [4.69, 9.17) is 0 Å². The van der Waals surface area contributed by atoms with Gasteiger partial charge in [-0.3, -0.25) is 4.79 Å². The molecule has 1 saturated carbocycles. The minimum absolute atomic E-state index is 0.153. The van der Waals surface area contributed by atoms with E-state index in [1.165, 1.54) is 18.9 Å². The molecule has 0 saturated heterocycles. The molecule has 0 aliphatic heterocycles. The lowest BCUT2D eigenvalue weighted by Crippen LogP contribution is -2.29. The quantitative estimate of drug-likeness (QED) is 0.830. The van der Waals surface area contributed by atoms with Crippen LogP contribution in [0.4, 0.5) is 5.69 Å². The topological polar surface area (TPSA) is 75.3 Å². The van der Waals surface area contributed by atoms with Gasteiger partial charge < -0.3 is 10.6 Å². The second-order valence-corrected chi connectivity index (χ2v) is 7.39. The number of amides is 1. The van der Waals surface area contributed by atoms with E-state index in [0.717, 1.165) is 24.3 Å². The normalized spacial score (nSPS) is 15.1. The summed E-state index contributed by atoms with van der Waals surface area (Å²) in [7, 11) is -3.26. The Morgan fingerprint density at radius 3 is 2.65 bits per heavy atom. The van der Waals surface area contributed by atoms with Crippen LogP contribution in [0, 0.1) is 12.8 Å². The van der Waals surface area contributed by atoms with Crippen LogP contribution < -0.4 is 10.6 Å². The molecular weight excluding hydrogens is 276 g/mol. The standard InChI is InChI=1S/C14H20N2O3S/c1-10-3-6-12(20(2,18)19)7-13(10)16-14(17)9-15-8-11-4-5-11/h3,6-7,11,15H,4-5,8-9H2,1-2H3,(H,16,17). The van der Waals surface area contributed by atoms with E-state index in [2.05, 4.69) is 10.6 Å². The summed E-state index contributed by atoms with van der Waals surface area (Å²) in [6, 6.07) is 4.75. The highest BCUT2D eigenvalue weighted by Crippen LogP contribution is 2.27. The van der Waals surface area contributed by atoms with Crippen LogP contribution in [-0.2, 0) is 14.6 Å². The fourth-order valence-electron chi connectivity index (χ4n) is 1.87. The summed E-state index contributed by atoms with van der Waals surface area (Å²) in [4.78, 5) is 12.0. The third-order valence-corrected chi connectivity index (χ3v) is 4.44. The smallest absolute Gasteiger partial charge is 0.238 e.